The Kier molecular flexibility index (Phi) is 5.02. The molecule has 0 aliphatic rings. The van der Waals surface area contributed by atoms with Crippen LogP contribution in [-0.2, 0) is 0 Å². The highest BCUT2D eigenvalue weighted by atomic mass is 19.1. The zero-order chi connectivity index (χ0) is 18.5. The Labute approximate surface area is 147 Å². The number of carbonyl (C=O) groups is 1. The molecule has 0 aliphatic heterocycles. The largest absolute Gasteiger partial charge is 0.497 e. The summed E-state index contributed by atoms with van der Waals surface area (Å²) in [6.07, 6.45) is 0. The lowest BCUT2D eigenvalue weighted by Crippen LogP contribution is -2.15. The molecule has 3 rings (SSSR count). The van der Waals surface area contributed by atoms with Crippen molar-refractivity contribution in [3.05, 3.63) is 71.9 Å². The molecule has 0 unspecified atom stereocenters. The van der Waals surface area contributed by atoms with Gasteiger partial charge in [0.2, 0.25) is 0 Å². The number of anilines is 3. The molecule has 1 amide bonds. The van der Waals surface area contributed by atoms with Crippen molar-refractivity contribution in [2.45, 2.75) is 0 Å². The van der Waals surface area contributed by atoms with Gasteiger partial charge < -0.3 is 15.4 Å². The van der Waals surface area contributed by atoms with Gasteiger partial charge in [0, 0.05) is 11.8 Å². The summed E-state index contributed by atoms with van der Waals surface area (Å²) in [5.41, 5.74) is 0.623. The van der Waals surface area contributed by atoms with Gasteiger partial charge in [-0.05, 0) is 48.5 Å². The molecule has 26 heavy (non-hydrogen) atoms. The number of aromatic nitrogens is 2. The summed E-state index contributed by atoms with van der Waals surface area (Å²) in [5, 5.41) is 13.1. The SMILES string of the molecule is COc1ccc(Nc2ccc(C(=O)Nc3ccc(F)cc3F)nn2)cc1. The third-order valence-electron chi connectivity index (χ3n) is 3.44. The van der Waals surface area contributed by atoms with E-state index < -0.39 is 17.5 Å². The fraction of sp³-hybridized carbons (Fsp3) is 0.0556. The second kappa shape index (κ2) is 7.56. The van der Waals surface area contributed by atoms with Gasteiger partial charge in [0.25, 0.3) is 5.91 Å². The smallest absolute Gasteiger partial charge is 0.276 e. The Balaban J connectivity index is 1.67. The van der Waals surface area contributed by atoms with Gasteiger partial charge in [0.15, 0.2) is 11.5 Å². The summed E-state index contributed by atoms with van der Waals surface area (Å²) in [7, 11) is 1.58. The van der Waals surface area contributed by atoms with E-state index in [-0.39, 0.29) is 11.4 Å². The van der Waals surface area contributed by atoms with Crippen LogP contribution in [0.4, 0.5) is 26.0 Å². The molecule has 0 saturated heterocycles. The Morgan fingerprint density at radius 3 is 2.38 bits per heavy atom. The lowest BCUT2D eigenvalue weighted by molar-refractivity contribution is 0.102. The monoisotopic (exact) mass is 356 g/mol. The van der Waals surface area contributed by atoms with E-state index in [2.05, 4.69) is 20.8 Å². The fourth-order valence-corrected chi connectivity index (χ4v) is 2.12. The highest BCUT2D eigenvalue weighted by molar-refractivity contribution is 6.02. The maximum atomic E-state index is 13.6. The number of halogens is 2. The van der Waals surface area contributed by atoms with Crippen molar-refractivity contribution < 1.29 is 18.3 Å². The van der Waals surface area contributed by atoms with Gasteiger partial charge in [-0.1, -0.05) is 0 Å². The maximum Gasteiger partial charge on any atom is 0.276 e. The molecule has 0 aliphatic carbocycles. The minimum Gasteiger partial charge on any atom is -0.497 e. The van der Waals surface area contributed by atoms with E-state index in [9.17, 15) is 13.6 Å². The number of hydrogen-bond acceptors (Lipinski definition) is 5. The Morgan fingerprint density at radius 2 is 1.77 bits per heavy atom. The first kappa shape index (κ1) is 17.3. The first-order valence-corrected chi connectivity index (χ1v) is 7.56. The second-order valence-electron chi connectivity index (χ2n) is 5.24. The van der Waals surface area contributed by atoms with E-state index >= 15 is 0 Å². The molecule has 0 atom stereocenters. The predicted octanol–water partition coefficient (Wildman–Crippen LogP) is 3.76. The summed E-state index contributed by atoms with van der Waals surface area (Å²) >= 11 is 0. The van der Waals surface area contributed by atoms with Crippen LogP contribution in [0.25, 0.3) is 0 Å². The molecule has 0 spiro atoms. The molecule has 2 aromatic carbocycles. The maximum absolute atomic E-state index is 13.6. The van der Waals surface area contributed by atoms with Crippen molar-refractivity contribution in [1.29, 1.82) is 0 Å². The minimum absolute atomic E-state index is 0.00555. The zero-order valence-electron chi connectivity index (χ0n) is 13.7. The van der Waals surface area contributed by atoms with Crippen molar-refractivity contribution in [3.63, 3.8) is 0 Å². The third kappa shape index (κ3) is 4.10. The van der Waals surface area contributed by atoms with Crippen LogP contribution in [-0.4, -0.2) is 23.2 Å². The summed E-state index contributed by atoms with van der Waals surface area (Å²) in [5.74, 6) is -1.10. The molecule has 3 aromatic rings. The third-order valence-corrected chi connectivity index (χ3v) is 3.44. The number of hydrogen-bond donors (Lipinski definition) is 2. The van der Waals surface area contributed by atoms with Crippen molar-refractivity contribution in [2.24, 2.45) is 0 Å². The van der Waals surface area contributed by atoms with Crippen molar-refractivity contribution in [3.8, 4) is 5.75 Å². The standard InChI is InChI=1S/C18H14F2N4O2/c1-26-13-5-3-12(4-6-13)21-17-9-8-16(23-24-17)18(25)22-15-7-2-11(19)10-14(15)20/h2-10H,1H3,(H,21,24)(H,22,25). The number of nitrogens with zero attached hydrogens (tertiary/aromatic N) is 2. The van der Waals surface area contributed by atoms with Gasteiger partial charge in [-0.15, -0.1) is 10.2 Å². The van der Waals surface area contributed by atoms with Gasteiger partial charge >= 0.3 is 0 Å². The molecule has 0 radical (unpaired) electrons. The number of amides is 1. The fourth-order valence-electron chi connectivity index (χ4n) is 2.12. The molecule has 0 saturated carbocycles. The topological polar surface area (TPSA) is 76.1 Å². The average Bonchev–Trinajstić information content (AvgIpc) is 2.65. The molecular weight excluding hydrogens is 342 g/mol. The summed E-state index contributed by atoms with van der Waals surface area (Å²) < 4.78 is 31.5. The lowest BCUT2D eigenvalue weighted by atomic mass is 10.2. The predicted molar refractivity (Wildman–Crippen MR) is 92.6 cm³/mol. The highest BCUT2D eigenvalue weighted by Gasteiger charge is 2.12. The first-order chi connectivity index (χ1) is 12.5. The van der Waals surface area contributed by atoms with Crippen molar-refractivity contribution in [1.82, 2.24) is 10.2 Å². The van der Waals surface area contributed by atoms with Crippen LogP contribution in [0, 0.1) is 11.6 Å². The second-order valence-corrected chi connectivity index (χ2v) is 5.24. The highest BCUT2D eigenvalue weighted by Crippen LogP contribution is 2.19. The number of ether oxygens (including phenoxy) is 1. The molecular formula is C18H14F2N4O2. The van der Waals surface area contributed by atoms with Gasteiger partial charge in [-0.25, -0.2) is 8.78 Å². The molecule has 1 aromatic heterocycles. The van der Waals surface area contributed by atoms with Gasteiger partial charge in [0.1, 0.15) is 17.4 Å². The van der Waals surface area contributed by atoms with Crippen LogP contribution < -0.4 is 15.4 Å². The van der Waals surface area contributed by atoms with E-state index in [0.717, 1.165) is 23.6 Å². The van der Waals surface area contributed by atoms with Crippen LogP contribution in [0.2, 0.25) is 0 Å². The summed E-state index contributed by atoms with van der Waals surface area (Å²) in [4.78, 5) is 12.1. The van der Waals surface area contributed by atoms with Gasteiger partial charge in [0.05, 0.1) is 12.8 Å². The van der Waals surface area contributed by atoms with E-state index in [1.807, 2.05) is 0 Å². The van der Waals surface area contributed by atoms with Gasteiger partial charge in [-0.2, -0.15) is 0 Å². The average molecular weight is 356 g/mol. The molecule has 0 bridgehead atoms. The first-order valence-electron chi connectivity index (χ1n) is 7.56. The summed E-state index contributed by atoms with van der Waals surface area (Å²) in [6.45, 7) is 0. The number of nitrogens with one attached hydrogen (secondary N) is 2. The van der Waals surface area contributed by atoms with Crippen molar-refractivity contribution in [2.75, 3.05) is 17.7 Å². The van der Waals surface area contributed by atoms with Crippen molar-refractivity contribution >= 4 is 23.1 Å². The quantitative estimate of drug-likeness (QED) is 0.728. The molecule has 2 N–H and O–H groups in total. The lowest BCUT2D eigenvalue weighted by Gasteiger charge is -2.08. The normalized spacial score (nSPS) is 10.3. The van der Waals surface area contributed by atoms with E-state index in [4.69, 9.17) is 4.74 Å². The minimum atomic E-state index is -0.871. The van der Waals surface area contributed by atoms with Crippen LogP contribution >= 0.6 is 0 Å². The number of rotatable bonds is 5. The van der Waals surface area contributed by atoms with Crippen LogP contribution in [0.1, 0.15) is 10.5 Å². The van der Waals surface area contributed by atoms with E-state index in [0.29, 0.717) is 11.9 Å². The number of carbonyl (C=O) groups excluding carboxylic acids is 1. The molecule has 8 heteroatoms. The molecule has 0 fully saturated rings. The Bertz CT molecular complexity index is 915. The van der Waals surface area contributed by atoms with Gasteiger partial charge in [-0.3, -0.25) is 4.79 Å². The van der Waals surface area contributed by atoms with E-state index in [1.54, 1.807) is 37.4 Å². The van der Waals surface area contributed by atoms with Crippen LogP contribution in [0.15, 0.2) is 54.6 Å². The molecule has 132 valence electrons. The molecule has 6 nitrogen and oxygen atoms in total. The van der Waals surface area contributed by atoms with E-state index in [1.165, 1.54) is 6.07 Å². The summed E-state index contributed by atoms with van der Waals surface area (Å²) in [6, 6.07) is 13.0. The number of methoxy groups -OCH3 is 1. The van der Waals surface area contributed by atoms with Crippen LogP contribution in [0.5, 0.6) is 5.75 Å². The van der Waals surface area contributed by atoms with Crippen LogP contribution in [0.3, 0.4) is 0 Å². The Hall–Kier alpha value is -3.55. The number of benzene rings is 2. The zero-order valence-corrected chi connectivity index (χ0v) is 13.7. The molecule has 1 heterocycles. The Morgan fingerprint density at radius 1 is 1.00 bits per heavy atom.